The van der Waals surface area contributed by atoms with Crippen LogP contribution < -0.4 is 5.32 Å². The molecule has 0 spiro atoms. The van der Waals surface area contributed by atoms with Gasteiger partial charge in [0.1, 0.15) is 0 Å². The molecule has 0 saturated heterocycles. The number of hydrogen-bond acceptors (Lipinski definition) is 2. The van der Waals surface area contributed by atoms with Crippen LogP contribution >= 0.6 is 0 Å². The first kappa shape index (κ1) is 16.4. The summed E-state index contributed by atoms with van der Waals surface area (Å²) in [6.45, 7) is 14.9. The van der Waals surface area contributed by atoms with Gasteiger partial charge < -0.3 is 10.2 Å². The minimum absolute atomic E-state index is 0.138. The van der Waals surface area contributed by atoms with Gasteiger partial charge in [0, 0.05) is 12.5 Å². The lowest BCUT2D eigenvalue weighted by Gasteiger charge is -2.13. The van der Waals surface area contributed by atoms with Crippen molar-refractivity contribution in [3.8, 4) is 0 Å². The zero-order chi connectivity index (χ0) is 13.3. The van der Waals surface area contributed by atoms with Crippen LogP contribution in [0.1, 0.15) is 47.5 Å². The molecule has 0 heterocycles. The third-order valence-electron chi connectivity index (χ3n) is 3.13. The molecule has 0 radical (unpaired) electrons. The van der Waals surface area contributed by atoms with E-state index in [1.165, 1.54) is 32.5 Å². The van der Waals surface area contributed by atoms with Crippen LogP contribution in [-0.4, -0.2) is 37.0 Å². The van der Waals surface area contributed by atoms with Crippen LogP contribution in [-0.2, 0) is 4.79 Å². The summed E-state index contributed by atoms with van der Waals surface area (Å²) in [6.07, 6.45) is 2.61. The van der Waals surface area contributed by atoms with Gasteiger partial charge in [0.2, 0.25) is 5.91 Å². The molecule has 1 N–H and O–H groups in total. The standard InChI is InChI=1S/C8H15NO.C6H15N/c1-6(2)8(10)9-5-7-3-4-7;1-4-7(5-2)6-3/h6-7H,3-5H2,1-2H3,(H,9,10);4-6H2,1-3H3. The van der Waals surface area contributed by atoms with E-state index in [1.54, 1.807) is 0 Å². The Bertz CT molecular complexity index is 191. The van der Waals surface area contributed by atoms with Crippen molar-refractivity contribution < 1.29 is 4.79 Å². The molecule has 1 aliphatic rings. The number of amides is 1. The van der Waals surface area contributed by atoms with Gasteiger partial charge in [-0.05, 0) is 38.4 Å². The smallest absolute Gasteiger partial charge is 0.222 e. The third kappa shape index (κ3) is 9.16. The maximum atomic E-state index is 11.0. The van der Waals surface area contributed by atoms with Crippen molar-refractivity contribution >= 4 is 5.91 Å². The first-order chi connectivity index (χ1) is 8.04. The fourth-order valence-corrected chi connectivity index (χ4v) is 1.44. The lowest BCUT2D eigenvalue weighted by Crippen LogP contribution is -2.29. The summed E-state index contributed by atoms with van der Waals surface area (Å²) >= 11 is 0. The van der Waals surface area contributed by atoms with E-state index in [2.05, 4.69) is 31.0 Å². The second kappa shape index (κ2) is 9.46. The maximum Gasteiger partial charge on any atom is 0.222 e. The molecule has 1 rings (SSSR count). The molecule has 0 aromatic rings. The van der Waals surface area contributed by atoms with Gasteiger partial charge in [-0.2, -0.15) is 0 Å². The molecular weight excluding hydrogens is 212 g/mol. The van der Waals surface area contributed by atoms with Crippen LogP contribution in [0.3, 0.4) is 0 Å². The molecule has 1 amide bonds. The molecule has 102 valence electrons. The van der Waals surface area contributed by atoms with Gasteiger partial charge in [-0.25, -0.2) is 0 Å². The van der Waals surface area contributed by atoms with E-state index in [1.807, 2.05) is 13.8 Å². The van der Waals surface area contributed by atoms with Crippen molar-refractivity contribution in [3.05, 3.63) is 0 Å². The Morgan fingerprint density at radius 2 is 1.65 bits per heavy atom. The van der Waals surface area contributed by atoms with Crippen LogP contribution in [0.15, 0.2) is 0 Å². The van der Waals surface area contributed by atoms with E-state index >= 15 is 0 Å². The monoisotopic (exact) mass is 242 g/mol. The Morgan fingerprint density at radius 3 is 1.88 bits per heavy atom. The predicted octanol–water partition coefficient (Wildman–Crippen LogP) is 2.52. The first-order valence-corrected chi connectivity index (χ1v) is 7.05. The molecule has 3 nitrogen and oxygen atoms in total. The van der Waals surface area contributed by atoms with Gasteiger partial charge in [0.25, 0.3) is 0 Å². The minimum atomic E-state index is 0.138. The number of carbonyl (C=O) groups is 1. The van der Waals surface area contributed by atoms with Crippen molar-refractivity contribution in [2.75, 3.05) is 26.2 Å². The largest absolute Gasteiger partial charge is 0.356 e. The maximum absolute atomic E-state index is 11.0. The van der Waals surface area contributed by atoms with E-state index in [9.17, 15) is 4.79 Å². The highest BCUT2D eigenvalue weighted by Gasteiger charge is 2.21. The molecular formula is C14H30N2O. The highest BCUT2D eigenvalue weighted by molar-refractivity contribution is 5.77. The molecule has 0 aromatic carbocycles. The Kier molecular flexibility index (Phi) is 9.14. The summed E-state index contributed by atoms with van der Waals surface area (Å²) in [4.78, 5) is 13.3. The Balaban J connectivity index is 0.000000325. The van der Waals surface area contributed by atoms with Gasteiger partial charge >= 0.3 is 0 Å². The Morgan fingerprint density at radius 1 is 1.18 bits per heavy atom. The molecule has 1 aliphatic carbocycles. The SMILES string of the molecule is CC(C)C(=O)NCC1CC1.CCN(CC)CC. The molecule has 0 unspecified atom stereocenters. The van der Waals surface area contributed by atoms with Crippen LogP contribution in [0.25, 0.3) is 0 Å². The zero-order valence-corrected chi connectivity index (χ0v) is 12.3. The highest BCUT2D eigenvalue weighted by atomic mass is 16.1. The first-order valence-electron chi connectivity index (χ1n) is 7.05. The molecule has 0 aromatic heterocycles. The molecule has 0 atom stereocenters. The van der Waals surface area contributed by atoms with Crippen LogP contribution in [0.2, 0.25) is 0 Å². The molecule has 0 bridgehead atoms. The Hall–Kier alpha value is -0.570. The van der Waals surface area contributed by atoms with Crippen molar-refractivity contribution in [1.29, 1.82) is 0 Å². The Labute approximate surface area is 107 Å². The predicted molar refractivity (Wildman–Crippen MR) is 74.0 cm³/mol. The van der Waals surface area contributed by atoms with Gasteiger partial charge in [-0.3, -0.25) is 4.79 Å². The van der Waals surface area contributed by atoms with Crippen molar-refractivity contribution in [3.63, 3.8) is 0 Å². The molecule has 0 aliphatic heterocycles. The lowest BCUT2D eigenvalue weighted by molar-refractivity contribution is -0.124. The topological polar surface area (TPSA) is 32.3 Å². The van der Waals surface area contributed by atoms with Crippen LogP contribution in [0, 0.1) is 11.8 Å². The van der Waals surface area contributed by atoms with E-state index in [4.69, 9.17) is 0 Å². The number of nitrogens with zero attached hydrogens (tertiary/aromatic N) is 1. The van der Waals surface area contributed by atoms with E-state index in [-0.39, 0.29) is 11.8 Å². The summed E-state index contributed by atoms with van der Waals surface area (Å²) in [5, 5.41) is 2.91. The fraction of sp³-hybridized carbons (Fsp3) is 0.929. The average Bonchev–Trinajstić information content (AvgIpc) is 3.13. The number of nitrogens with one attached hydrogen (secondary N) is 1. The highest BCUT2D eigenvalue weighted by Crippen LogP contribution is 2.27. The molecule has 1 saturated carbocycles. The summed E-state index contributed by atoms with van der Waals surface area (Å²) < 4.78 is 0. The third-order valence-corrected chi connectivity index (χ3v) is 3.13. The minimum Gasteiger partial charge on any atom is -0.356 e. The summed E-state index contributed by atoms with van der Waals surface area (Å²) in [7, 11) is 0. The molecule has 3 heteroatoms. The summed E-state index contributed by atoms with van der Waals surface area (Å²) in [5.74, 6) is 1.12. The van der Waals surface area contributed by atoms with Gasteiger partial charge in [0.15, 0.2) is 0 Å². The van der Waals surface area contributed by atoms with Crippen molar-refractivity contribution in [2.24, 2.45) is 11.8 Å². The van der Waals surface area contributed by atoms with Crippen LogP contribution in [0.5, 0.6) is 0 Å². The lowest BCUT2D eigenvalue weighted by atomic mass is 10.2. The van der Waals surface area contributed by atoms with E-state index < -0.39 is 0 Å². The quantitative estimate of drug-likeness (QED) is 0.776. The summed E-state index contributed by atoms with van der Waals surface area (Å²) in [5.41, 5.74) is 0. The number of rotatable bonds is 6. The normalized spacial score (nSPS) is 14.5. The number of carbonyl (C=O) groups excluding carboxylic acids is 1. The van der Waals surface area contributed by atoms with Gasteiger partial charge in [-0.15, -0.1) is 0 Å². The fourth-order valence-electron chi connectivity index (χ4n) is 1.44. The second-order valence-corrected chi connectivity index (χ2v) is 4.96. The van der Waals surface area contributed by atoms with Crippen LogP contribution in [0.4, 0.5) is 0 Å². The molecule has 17 heavy (non-hydrogen) atoms. The van der Waals surface area contributed by atoms with Gasteiger partial charge in [0.05, 0.1) is 0 Å². The second-order valence-electron chi connectivity index (χ2n) is 4.96. The van der Waals surface area contributed by atoms with E-state index in [0.29, 0.717) is 0 Å². The van der Waals surface area contributed by atoms with E-state index in [0.717, 1.165) is 12.5 Å². The van der Waals surface area contributed by atoms with Crippen molar-refractivity contribution in [1.82, 2.24) is 10.2 Å². The molecule has 1 fully saturated rings. The summed E-state index contributed by atoms with van der Waals surface area (Å²) in [6, 6.07) is 0. The number of hydrogen-bond donors (Lipinski definition) is 1. The zero-order valence-electron chi connectivity index (χ0n) is 12.3. The average molecular weight is 242 g/mol. The van der Waals surface area contributed by atoms with Gasteiger partial charge in [-0.1, -0.05) is 34.6 Å². The van der Waals surface area contributed by atoms with Crippen molar-refractivity contribution in [2.45, 2.75) is 47.5 Å².